The zero-order valence-corrected chi connectivity index (χ0v) is 33.6. The molecule has 0 bridgehead atoms. The van der Waals surface area contributed by atoms with E-state index in [0.717, 1.165) is 56.9 Å². The van der Waals surface area contributed by atoms with Crippen LogP contribution in [0, 0.1) is 50.7 Å². The van der Waals surface area contributed by atoms with E-state index in [1.165, 1.54) is 5.57 Å². The van der Waals surface area contributed by atoms with E-state index in [-0.39, 0.29) is 63.7 Å². The quantitative estimate of drug-likeness (QED) is 0.282. The second-order valence-corrected chi connectivity index (χ2v) is 19.9. The summed E-state index contributed by atoms with van der Waals surface area (Å²) in [5, 5.41) is 13.1. The van der Waals surface area contributed by atoms with Crippen LogP contribution >= 0.6 is 0 Å². The number of piperazine rings is 1. The van der Waals surface area contributed by atoms with Crippen molar-refractivity contribution in [2.24, 2.45) is 50.7 Å². The van der Waals surface area contributed by atoms with Gasteiger partial charge in [0.05, 0.1) is 17.4 Å². The SMILES string of the molecule is CC(=O)N1CCN(C(=O)N[C@@]23CC[C@]4(C)[C@H](CC[C@@H]5[C@@]6(C)CC[C@H](OC(=O)CC(C)(C)C(=O)O)C(C)(C)[C@@H]6CC[C@]54C)C2=C(C(C)C)C(=O)C3)CC1. The normalized spacial score (nSPS) is 38.6. The molecule has 1 heterocycles. The Kier molecular flexibility index (Phi) is 9.59. The van der Waals surface area contributed by atoms with E-state index in [9.17, 15) is 29.1 Å². The number of nitrogens with zero attached hydrogens (tertiary/aromatic N) is 2. The number of Topliss-reactive ketones (excluding diaryl/α,β-unsaturated/α-hetero) is 1. The summed E-state index contributed by atoms with van der Waals surface area (Å²) in [4.78, 5) is 68.3. The molecule has 0 spiro atoms. The van der Waals surface area contributed by atoms with E-state index in [4.69, 9.17) is 4.74 Å². The van der Waals surface area contributed by atoms with Crippen LogP contribution in [0.25, 0.3) is 0 Å². The van der Waals surface area contributed by atoms with E-state index < -0.39 is 22.9 Å². The number of hydrogen-bond acceptors (Lipinski definition) is 6. The van der Waals surface area contributed by atoms with Gasteiger partial charge in [-0.15, -0.1) is 0 Å². The molecule has 0 aromatic rings. The van der Waals surface area contributed by atoms with Crippen LogP contribution in [0.15, 0.2) is 11.1 Å². The molecule has 1 saturated heterocycles. The molecule has 290 valence electrons. The molecule has 8 atom stereocenters. The fraction of sp³-hybridized carbons (Fsp3) is 0.833. The summed E-state index contributed by atoms with van der Waals surface area (Å²) in [6.45, 7) is 23.0. The molecule has 2 N–H and O–H groups in total. The van der Waals surface area contributed by atoms with Crippen molar-refractivity contribution in [3.05, 3.63) is 11.1 Å². The van der Waals surface area contributed by atoms with Gasteiger partial charge in [-0.2, -0.15) is 0 Å². The number of nitrogens with one attached hydrogen (secondary N) is 1. The molecule has 10 heteroatoms. The average Bonchev–Trinajstić information content (AvgIpc) is 3.34. The summed E-state index contributed by atoms with van der Waals surface area (Å²) in [5.41, 5.74) is 0.0540. The van der Waals surface area contributed by atoms with Crippen molar-refractivity contribution in [1.82, 2.24) is 15.1 Å². The second-order valence-electron chi connectivity index (χ2n) is 19.9. The topological polar surface area (TPSA) is 133 Å². The molecule has 0 aromatic heterocycles. The Hall–Kier alpha value is -2.91. The monoisotopic (exact) mass is 723 g/mol. The third kappa shape index (κ3) is 5.82. The van der Waals surface area contributed by atoms with Crippen LogP contribution in [0.5, 0.6) is 0 Å². The van der Waals surface area contributed by atoms with Gasteiger partial charge in [0, 0.05) is 44.9 Å². The van der Waals surface area contributed by atoms with Gasteiger partial charge in [-0.1, -0.05) is 48.5 Å². The standard InChI is InChI=1S/C42H65N3O7/c1-25(2)33-28(47)23-42(43-36(51)45-21-19-44(20-22-45)26(3)46)18-17-40(9)27(34(33)42)11-12-30-39(8)15-14-31(52-32(48)24-37(4,5)35(49)50)38(6,7)29(39)13-16-41(30,40)10/h25,27,29-31H,11-24H2,1-10H3,(H,43,51)(H,49,50)/t27-,29+,30-,31+,39+,40-,41-,42-/m1/s1. The molecule has 6 aliphatic rings. The van der Waals surface area contributed by atoms with Gasteiger partial charge in [-0.05, 0) is 116 Å². The number of allylic oxidation sites excluding steroid dienone is 1. The Bertz CT molecular complexity index is 1560. The second kappa shape index (κ2) is 12.9. The van der Waals surface area contributed by atoms with Gasteiger partial charge in [0.25, 0.3) is 0 Å². The number of rotatable bonds is 6. The number of aliphatic carboxylic acids is 1. The number of ketones is 1. The highest BCUT2D eigenvalue weighted by Gasteiger charge is 2.70. The van der Waals surface area contributed by atoms with Crippen molar-refractivity contribution in [3.8, 4) is 0 Å². The van der Waals surface area contributed by atoms with Crippen LogP contribution in [0.4, 0.5) is 4.79 Å². The molecule has 52 heavy (non-hydrogen) atoms. The Labute approximate surface area is 311 Å². The highest BCUT2D eigenvalue weighted by atomic mass is 16.5. The number of carboxylic acids is 1. The van der Waals surface area contributed by atoms with Crippen LogP contribution in [0.1, 0.15) is 133 Å². The maximum Gasteiger partial charge on any atom is 0.318 e. The fourth-order valence-corrected chi connectivity index (χ4v) is 13.1. The Morgan fingerprint density at radius 1 is 0.865 bits per heavy atom. The van der Waals surface area contributed by atoms with Crippen molar-refractivity contribution >= 4 is 29.7 Å². The predicted molar refractivity (Wildman–Crippen MR) is 198 cm³/mol. The smallest absolute Gasteiger partial charge is 0.318 e. The number of urea groups is 1. The minimum absolute atomic E-state index is 0.0200. The van der Waals surface area contributed by atoms with E-state index in [1.54, 1.807) is 25.7 Å². The highest BCUT2D eigenvalue weighted by molar-refractivity contribution is 6.02. The lowest BCUT2D eigenvalue weighted by Crippen LogP contribution is -2.68. The van der Waals surface area contributed by atoms with Crippen LogP contribution in [-0.4, -0.2) is 82.4 Å². The van der Waals surface area contributed by atoms with Crippen LogP contribution in [0.2, 0.25) is 0 Å². The Morgan fingerprint density at radius 2 is 1.50 bits per heavy atom. The third-order valence-corrected chi connectivity index (χ3v) is 16.2. The first-order chi connectivity index (χ1) is 24.0. The lowest BCUT2D eigenvalue weighted by molar-refractivity contribution is -0.232. The summed E-state index contributed by atoms with van der Waals surface area (Å²) in [5.74, 6) is -0.143. The third-order valence-electron chi connectivity index (χ3n) is 16.2. The van der Waals surface area contributed by atoms with Gasteiger partial charge in [-0.25, -0.2) is 4.79 Å². The van der Waals surface area contributed by atoms with Gasteiger partial charge in [0.15, 0.2) is 5.78 Å². The average molecular weight is 724 g/mol. The van der Waals surface area contributed by atoms with Gasteiger partial charge < -0.3 is 25.0 Å². The molecule has 4 saturated carbocycles. The molecule has 0 unspecified atom stereocenters. The molecular formula is C42H65N3O7. The minimum Gasteiger partial charge on any atom is -0.481 e. The molecule has 5 fully saturated rings. The first kappa shape index (κ1) is 38.8. The molecule has 6 rings (SSSR count). The molecule has 0 aromatic carbocycles. The zero-order chi connectivity index (χ0) is 38.4. The molecule has 1 aliphatic heterocycles. The number of carbonyl (C=O) groups excluding carboxylic acids is 4. The first-order valence-electron chi connectivity index (χ1n) is 20.1. The van der Waals surface area contributed by atoms with Gasteiger partial charge in [-0.3, -0.25) is 19.2 Å². The van der Waals surface area contributed by atoms with Crippen molar-refractivity contribution in [2.75, 3.05) is 26.2 Å². The molecular weight excluding hydrogens is 658 g/mol. The minimum atomic E-state index is -1.17. The maximum atomic E-state index is 14.0. The number of esters is 1. The number of fused-ring (bicyclic) bond motifs is 7. The predicted octanol–water partition coefficient (Wildman–Crippen LogP) is 7.01. The maximum absolute atomic E-state index is 14.0. The Balaban J connectivity index is 1.26. The van der Waals surface area contributed by atoms with Crippen molar-refractivity contribution in [3.63, 3.8) is 0 Å². The number of amides is 3. The largest absolute Gasteiger partial charge is 0.481 e. The van der Waals surface area contributed by atoms with Gasteiger partial charge >= 0.3 is 18.0 Å². The van der Waals surface area contributed by atoms with Crippen molar-refractivity contribution in [1.29, 1.82) is 0 Å². The highest BCUT2D eigenvalue weighted by Crippen LogP contribution is 2.76. The Morgan fingerprint density at radius 3 is 2.10 bits per heavy atom. The van der Waals surface area contributed by atoms with Gasteiger partial charge in [0.1, 0.15) is 6.10 Å². The van der Waals surface area contributed by atoms with Gasteiger partial charge in [0.2, 0.25) is 5.91 Å². The number of carboxylic acid groups (broad SMARTS) is 1. The lowest BCUT2D eigenvalue weighted by atomic mass is 9.33. The first-order valence-corrected chi connectivity index (χ1v) is 20.1. The number of hydrogen-bond donors (Lipinski definition) is 2. The van der Waals surface area contributed by atoms with E-state index >= 15 is 0 Å². The van der Waals surface area contributed by atoms with E-state index in [0.29, 0.717) is 44.4 Å². The summed E-state index contributed by atoms with van der Waals surface area (Å²) in [6.07, 6.45) is 7.45. The lowest BCUT2D eigenvalue weighted by Gasteiger charge is -2.72. The molecule has 5 aliphatic carbocycles. The van der Waals surface area contributed by atoms with E-state index in [2.05, 4.69) is 53.8 Å². The fourth-order valence-electron chi connectivity index (χ4n) is 13.1. The number of ether oxygens (including phenoxy) is 1. The van der Waals surface area contributed by atoms with Crippen molar-refractivity contribution < 1.29 is 33.8 Å². The van der Waals surface area contributed by atoms with Crippen LogP contribution in [-0.2, 0) is 23.9 Å². The zero-order valence-electron chi connectivity index (χ0n) is 33.6. The summed E-state index contributed by atoms with van der Waals surface area (Å²) in [6, 6.07) is -0.124. The van der Waals surface area contributed by atoms with Crippen LogP contribution < -0.4 is 5.32 Å². The molecule has 0 radical (unpaired) electrons. The number of carbonyl (C=O) groups is 5. The summed E-state index contributed by atoms with van der Waals surface area (Å²) >= 11 is 0. The van der Waals surface area contributed by atoms with Crippen molar-refractivity contribution in [2.45, 2.75) is 145 Å². The molecule has 3 amide bonds. The summed E-state index contributed by atoms with van der Waals surface area (Å²) in [7, 11) is 0. The van der Waals surface area contributed by atoms with E-state index in [1.807, 2.05) is 4.90 Å². The summed E-state index contributed by atoms with van der Waals surface area (Å²) < 4.78 is 6.15. The molecule has 10 nitrogen and oxygen atoms in total. The van der Waals surface area contributed by atoms with Crippen LogP contribution in [0.3, 0.4) is 0 Å².